The number of halogens is 3. The lowest BCUT2D eigenvalue weighted by Crippen LogP contribution is -2.20. The van der Waals surface area contributed by atoms with Gasteiger partial charge in [0.1, 0.15) is 12.1 Å². The van der Waals surface area contributed by atoms with Crippen LogP contribution in [-0.2, 0) is 20.0 Å². The second kappa shape index (κ2) is 3.64. The summed E-state index contributed by atoms with van der Waals surface area (Å²) in [4.78, 5) is 3.95. The number of anilines is 1. The molecule has 2 rings (SSSR count). The van der Waals surface area contributed by atoms with Crippen LogP contribution in [0.3, 0.4) is 0 Å². The van der Waals surface area contributed by atoms with E-state index in [0.29, 0.717) is 23.3 Å². The van der Waals surface area contributed by atoms with Crippen molar-refractivity contribution in [1.29, 1.82) is 0 Å². The van der Waals surface area contributed by atoms with E-state index in [1.165, 1.54) is 4.68 Å². The Balaban J connectivity index is 2.62. The Morgan fingerprint density at radius 3 is 2.53 bits per heavy atom. The smallest absolute Gasteiger partial charge is 0.369 e. The van der Waals surface area contributed by atoms with Crippen LogP contribution in [-0.4, -0.2) is 25.5 Å². The van der Waals surface area contributed by atoms with Gasteiger partial charge in [-0.2, -0.15) is 18.3 Å². The van der Waals surface area contributed by atoms with Crippen molar-refractivity contribution in [3.05, 3.63) is 5.69 Å². The highest BCUT2D eigenvalue weighted by Crippen LogP contribution is 2.26. The Hall–Kier alpha value is -1.73. The molecule has 0 bridgehead atoms. The molecular formula is C9H12F3N5. The summed E-state index contributed by atoms with van der Waals surface area (Å²) in [6.45, 7) is 0.707. The number of hydrogen-bond acceptors (Lipinski definition) is 3. The summed E-state index contributed by atoms with van der Waals surface area (Å²) in [7, 11) is 1.58. The van der Waals surface area contributed by atoms with Crippen molar-refractivity contribution in [3.8, 4) is 0 Å². The summed E-state index contributed by atoms with van der Waals surface area (Å²) in [5, 5.41) is 4.11. The fourth-order valence-corrected chi connectivity index (χ4v) is 1.83. The van der Waals surface area contributed by atoms with E-state index in [0.717, 1.165) is 4.57 Å². The molecule has 0 aliphatic heterocycles. The Labute approximate surface area is 95.0 Å². The van der Waals surface area contributed by atoms with E-state index in [9.17, 15) is 13.2 Å². The van der Waals surface area contributed by atoms with Gasteiger partial charge in [-0.1, -0.05) is 6.92 Å². The lowest BCUT2D eigenvalue weighted by Gasteiger charge is -2.09. The van der Waals surface area contributed by atoms with Gasteiger partial charge in [-0.25, -0.2) is 4.98 Å². The molecule has 0 fully saturated rings. The number of aromatic nitrogens is 4. The zero-order chi connectivity index (χ0) is 12.8. The van der Waals surface area contributed by atoms with Crippen LogP contribution in [0, 0.1) is 0 Å². The van der Waals surface area contributed by atoms with Crippen LogP contribution in [0.15, 0.2) is 0 Å². The normalized spacial score (nSPS) is 12.5. The van der Waals surface area contributed by atoms with Gasteiger partial charge in [0.2, 0.25) is 5.95 Å². The van der Waals surface area contributed by atoms with Gasteiger partial charge in [-0.3, -0.25) is 9.25 Å². The highest BCUT2D eigenvalue weighted by Gasteiger charge is 2.31. The molecule has 2 N–H and O–H groups in total. The van der Waals surface area contributed by atoms with E-state index in [1.807, 2.05) is 6.92 Å². The van der Waals surface area contributed by atoms with Crippen molar-refractivity contribution < 1.29 is 13.2 Å². The molecule has 0 amide bonds. The minimum Gasteiger partial charge on any atom is -0.369 e. The minimum absolute atomic E-state index is 0.139. The predicted octanol–water partition coefficient (Wildman–Crippen LogP) is 1.48. The summed E-state index contributed by atoms with van der Waals surface area (Å²) in [5.74, 6) is -0.139. The SMILES string of the molecule is CCc1nn(C)c2c1nc(N)n2CC(F)(F)F. The molecule has 0 saturated carbocycles. The first-order chi connectivity index (χ1) is 7.83. The predicted molar refractivity (Wildman–Crippen MR) is 56.3 cm³/mol. The molecular weight excluding hydrogens is 235 g/mol. The summed E-state index contributed by atoms with van der Waals surface area (Å²) in [6.07, 6.45) is -3.74. The van der Waals surface area contributed by atoms with Crippen LogP contribution in [0.2, 0.25) is 0 Å². The summed E-state index contributed by atoms with van der Waals surface area (Å²) in [5.41, 5.74) is 6.90. The first kappa shape index (κ1) is 11.7. The third kappa shape index (κ3) is 1.94. The Kier molecular flexibility index (Phi) is 2.52. The van der Waals surface area contributed by atoms with Crippen LogP contribution >= 0.6 is 0 Å². The van der Waals surface area contributed by atoms with Crippen LogP contribution < -0.4 is 5.73 Å². The van der Waals surface area contributed by atoms with Crippen molar-refractivity contribution in [3.63, 3.8) is 0 Å². The highest BCUT2D eigenvalue weighted by molar-refractivity contribution is 5.77. The van der Waals surface area contributed by atoms with Gasteiger partial charge < -0.3 is 5.73 Å². The second-order valence-corrected chi connectivity index (χ2v) is 3.77. The number of aryl methyl sites for hydroxylation is 2. The second-order valence-electron chi connectivity index (χ2n) is 3.77. The highest BCUT2D eigenvalue weighted by atomic mass is 19.4. The molecule has 2 aromatic heterocycles. The third-order valence-corrected chi connectivity index (χ3v) is 2.49. The van der Waals surface area contributed by atoms with Crippen LogP contribution in [0.25, 0.3) is 11.2 Å². The average Bonchev–Trinajstić information content (AvgIpc) is 2.65. The van der Waals surface area contributed by atoms with Gasteiger partial charge in [-0.05, 0) is 6.42 Å². The number of rotatable bonds is 2. The van der Waals surface area contributed by atoms with Crippen molar-refractivity contribution in [2.75, 3.05) is 5.73 Å². The van der Waals surface area contributed by atoms with Crippen molar-refractivity contribution in [2.24, 2.45) is 7.05 Å². The van der Waals surface area contributed by atoms with E-state index in [1.54, 1.807) is 7.05 Å². The number of hydrogen-bond donors (Lipinski definition) is 1. The lowest BCUT2D eigenvalue weighted by molar-refractivity contribution is -0.139. The lowest BCUT2D eigenvalue weighted by atomic mass is 10.3. The van der Waals surface area contributed by atoms with Gasteiger partial charge in [-0.15, -0.1) is 0 Å². The summed E-state index contributed by atoms with van der Waals surface area (Å²) < 4.78 is 39.6. The molecule has 5 nitrogen and oxygen atoms in total. The van der Waals surface area contributed by atoms with Gasteiger partial charge >= 0.3 is 6.18 Å². The maximum absolute atomic E-state index is 12.4. The standard InChI is InChI=1S/C9H12F3N5/c1-3-5-6-7(16(2)15-5)17(8(13)14-6)4-9(10,11)12/h3-4H2,1-2H3,(H2,13,14). The Bertz CT molecular complexity index is 551. The first-order valence-corrected chi connectivity index (χ1v) is 5.07. The van der Waals surface area contributed by atoms with Crippen molar-refractivity contribution >= 4 is 17.1 Å². The van der Waals surface area contributed by atoms with E-state index >= 15 is 0 Å². The van der Waals surface area contributed by atoms with Crippen molar-refractivity contribution in [1.82, 2.24) is 19.3 Å². The fourth-order valence-electron chi connectivity index (χ4n) is 1.83. The molecule has 0 spiro atoms. The van der Waals surface area contributed by atoms with Gasteiger partial charge in [0, 0.05) is 7.05 Å². The Morgan fingerprint density at radius 1 is 1.35 bits per heavy atom. The molecule has 2 aromatic rings. The zero-order valence-corrected chi connectivity index (χ0v) is 9.41. The van der Waals surface area contributed by atoms with E-state index in [4.69, 9.17) is 5.73 Å². The van der Waals surface area contributed by atoms with Crippen molar-refractivity contribution in [2.45, 2.75) is 26.1 Å². The largest absolute Gasteiger partial charge is 0.406 e. The summed E-state index contributed by atoms with van der Waals surface area (Å²) >= 11 is 0. The molecule has 0 saturated heterocycles. The number of fused-ring (bicyclic) bond motifs is 1. The molecule has 0 atom stereocenters. The van der Waals surface area contributed by atoms with Gasteiger partial charge in [0.05, 0.1) is 5.69 Å². The molecule has 0 aliphatic rings. The molecule has 94 valence electrons. The monoisotopic (exact) mass is 247 g/mol. The molecule has 0 radical (unpaired) electrons. The summed E-state index contributed by atoms with van der Waals surface area (Å²) in [6, 6.07) is 0. The topological polar surface area (TPSA) is 61.7 Å². The molecule has 2 heterocycles. The van der Waals surface area contributed by atoms with Crippen LogP contribution in [0.4, 0.5) is 19.1 Å². The first-order valence-electron chi connectivity index (χ1n) is 5.07. The van der Waals surface area contributed by atoms with Gasteiger partial charge in [0.25, 0.3) is 0 Å². The molecule has 0 aliphatic carbocycles. The Morgan fingerprint density at radius 2 is 2.00 bits per heavy atom. The molecule has 8 heteroatoms. The number of nitrogen functional groups attached to an aromatic ring is 1. The minimum atomic E-state index is -4.33. The number of nitrogens with zero attached hydrogens (tertiary/aromatic N) is 4. The number of nitrogens with two attached hydrogens (primary N) is 1. The molecule has 17 heavy (non-hydrogen) atoms. The maximum Gasteiger partial charge on any atom is 0.406 e. The number of imidazole rings is 1. The fraction of sp³-hybridized carbons (Fsp3) is 0.556. The third-order valence-electron chi connectivity index (χ3n) is 2.49. The van der Waals surface area contributed by atoms with E-state index < -0.39 is 12.7 Å². The zero-order valence-electron chi connectivity index (χ0n) is 9.41. The molecule has 0 aromatic carbocycles. The quantitative estimate of drug-likeness (QED) is 0.874. The van der Waals surface area contributed by atoms with Crippen LogP contribution in [0.5, 0.6) is 0 Å². The number of alkyl halides is 3. The van der Waals surface area contributed by atoms with Crippen LogP contribution in [0.1, 0.15) is 12.6 Å². The maximum atomic E-state index is 12.4. The van der Waals surface area contributed by atoms with Gasteiger partial charge in [0.15, 0.2) is 5.65 Å². The van der Waals surface area contributed by atoms with E-state index in [-0.39, 0.29) is 5.95 Å². The molecule has 0 unspecified atom stereocenters. The van der Waals surface area contributed by atoms with E-state index in [2.05, 4.69) is 10.1 Å². The average molecular weight is 247 g/mol.